The number of rotatable bonds is 7. The first-order valence-corrected chi connectivity index (χ1v) is 13.9. The maximum Gasteiger partial charge on any atom is 0.379 e. The summed E-state index contributed by atoms with van der Waals surface area (Å²) < 4.78 is 15.5. The Balaban J connectivity index is 1.04. The number of carbonyl (C=O) groups is 5. The van der Waals surface area contributed by atoms with E-state index in [1.165, 1.54) is 43.5 Å². The topological polar surface area (TPSA) is 120 Å². The van der Waals surface area contributed by atoms with Gasteiger partial charge >= 0.3 is 11.9 Å². The lowest BCUT2D eigenvalue weighted by atomic mass is 9.55. The fourth-order valence-corrected chi connectivity index (χ4v) is 6.79. The number of Topliss-reactive ketones (excluding diaryl/α,β-unsaturated/α-hetero) is 1. The molecule has 43 heavy (non-hydrogen) atoms. The van der Waals surface area contributed by atoms with E-state index in [1.807, 2.05) is 48.5 Å². The number of likely N-dealkylation sites (tertiary alicyclic amines) is 1. The molecule has 1 fully saturated rings. The standard InChI is InChI=1S/C34H25NO8/c1-18(33(39)42-17-25(36)19-12-14-20(15-13-19)43-34(40)26-11-6-16-41-26)35-31(37)29-27-21-7-2-3-8-22(21)28(30(29)32(35)38)24-10-5-4-9-23(24)27/h2-16,18,27-30H,17H2,1H3/t18-,27?,28?,29+,30+/m1/s1. The summed E-state index contributed by atoms with van der Waals surface area (Å²) in [5, 5.41) is 0. The van der Waals surface area contributed by atoms with Crippen LogP contribution in [0.1, 0.15) is 61.9 Å². The number of benzene rings is 3. The second-order valence-corrected chi connectivity index (χ2v) is 10.9. The highest BCUT2D eigenvalue weighted by molar-refractivity contribution is 6.10. The van der Waals surface area contributed by atoms with Crippen LogP contribution in [-0.2, 0) is 19.1 Å². The van der Waals surface area contributed by atoms with Crippen molar-refractivity contribution in [3.63, 3.8) is 0 Å². The molecule has 4 aromatic rings. The van der Waals surface area contributed by atoms with Crippen LogP contribution in [0.25, 0.3) is 0 Å². The third kappa shape index (κ3) is 4.19. The average Bonchev–Trinajstić information content (AvgIpc) is 3.67. The summed E-state index contributed by atoms with van der Waals surface area (Å²) in [7, 11) is 0. The van der Waals surface area contributed by atoms with Crippen molar-refractivity contribution >= 4 is 29.5 Å². The Bertz CT molecular complexity index is 1680. The monoisotopic (exact) mass is 575 g/mol. The lowest BCUT2D eigenvalue weighted by molar-refractivity contribution is -0.157. The third-order valence-corrected chi connectivity index (χ3v) is 8.67. The van der Waals surface area contributed by atoms with Gasteiger partial charge in [-0.15, -0.1) is 0 Å². The number of imide groups is 1. The first kappa shape index (κ1) is 26.6. The quantitative estimate of drug-likeness (QED) is 0.137. The highest BCUT2D eigenvalue weighted by atomic mass is 16.5. The molecule has 0 radical (unpaired) electrons. The first-order valence-electron chi connectivity index (χ1n) is 13.9. The molecule has 1 saturated heterocycles. The van der Waals surface area contributed by atoms with Crippen LogP contribution in [-0.4, -0.2) is 47.1 Å². The van der Waals surface area contributed by atoms with Gasteiger partial charge in [0.1, 0.15) is 11.8 Å². The zero-order valence-electron chi connectivity index (χ0n) is 23.0. The molecule has 0 spiro atoms. The molecule has 0 N–H and O–H groups in total. The Hall–Kier alpha value is -5.31. The van der Waals surface area contributed by atoms with Gasteiger partial charge in [0, 0.05) is 17.4 Å². The van der Waals surface area contributed by atoms with E-state index >= 15 is 0 Å². The van der Waals surface area contributed by atoms with Crippen LogP contribution in [0.2, 0.25) is 0 Å². The zero-order chi connectivity index (χ0) is 29.8. The predicted octanol–water partition coefficient (Wildman–Crippen LogP) is 4.51. The second-order valence-electron chi connectivity index (χ2n) is 10.9. The van der Waals surface area contributed by atoms with E-state index in [0.29, 0.717) is 0 Å². The summed E-state index contributed by atoms with van der Waals surface area (Å²) in [5.74, 6) is -4.37. The van der Waals surface area contributed by atoms with E-state index in [-0.39, 0.29) is 28.9 Å². The Labute approximate surface area is 246 Å². The molecule has 3 aliphatic carbocycles. The fourth-order valence-electron chi connectivity index (χ4n) is 6.79. The van der Waals surface area contributed by atoms with Gasteiger partial charge in [0.25, 0.3) is 0 Å². The van der Waals surface area contributed by atoms with Crippen molar-refractivity contribution in [3.8, 4) is 5.75 Å². The summed E-state index contributed by atoms with van der Waals surface area (Å²) >= 11 is 0. The summed E-state index contributed by atoms with van der Waals surface area (Å²) in [6, 6.07) is 23.4. The molecule has 3 atom stereocenters. The zero-order valence-corrected chi connectivity index (χ0v) is 23.0. The number of carbonyl (C=O) groups excluding carboxylic acids is 5. The number of hydrogen-bond donors (Lipinski definition) is 0. The van der Waals surface area contributed by atoms with Crippen molar-refractivity contribution in [1.29, 1.82) is 0 Å². The number of ketones is 1. The number of nitrogens with zero attached hydrogens (tertiary/aromatic N) is 1. The molecular weight excluding hydrogens is 550 g/mol. The van der Waals surface area contributed by atoms with Gasteiger partial charge in [0.2, 0.25) is 17.6 Å². The highest BCUT2D eigenvalue weighted by Gasteiger charge is 2.62. The van der Waals surface area contributed by atoms with Crippen molar-refractivity contribution in [1.82, 2.24) is 4.90 Å². The van der Waals surface area contributed by atoms with Crippen molar-refractivity contribution in [3.05, 3.63) is 125 Å². The van der Waals surface area contributed by atoms with Gasteiger partial charge < -0.3 is 13.9 Å². The maximum atomic E-state index is 13.8. The molecule has 9 nitrogen and oxygen atoms in total. The number of furan rings is 1. The minimum absolute atomic E-state index is 0.0390. The summed E-state index contributed by atoms with van der Waals surface area (Å²) in [6.07, 6.45) is 1.35. The van der Waals surface area contributed by atoms with Crippen molar-refractivity contribution < 1.29 is 37.9 Å². The molecule has 2 bridgehead atoms. The maximum absolute atomic E-state index is 13.8. The Morgan fingerprint density at radius 3 is 1.79 bits per heavy atom. The van der Waals surface area contributed by atoms with Crippen LogP contribution in [0.3, 0.4) is 0 Å². The summed E-state index contributed by atoms with van der Waals surface area (Å²) in [4.78, 5) is 66.6. The van der Waals surface area contributed by atoms with Crippen molar-refractivity contribution in [2.45, 2.75) is 24.8 Å². The molecule has 9 heteroatoms. The predicted molar refractivity (Wildman–Crippen MR) is 150 cm³/mol. The molecule has 8 rings (SSSR count). The second kappa shape index (κ2) is 10.2. The Morgan fingerprint density at radius 1 is 0.767 bits per heavy atom. The molecule has 2 amide bonds. The molecule has 4 aliphatic rings. The lowest BCUT2D eigenvalue weighted by Crippen LogP contribution is -2.45. The van der Waals surface area contributed by atoms with E-state index in [1.54, 1.807) is 6.07 Å². The molecule has 2 heterocycles. The van der Waals surface area contributed by atoms with Crippen LogP contribution in [0, 0.1) is 11.8 Å². The number of ether oxygens (including phenoxy) is 2. The molecule has 214 valence electrons. The normalized spacial score (nSPS) is 21.9. The molecular formula is C34H25NO8. The Morgan fingerprint density at radius 2 is 1.30 bits per heavy atom. The molecule has 1 aromatic heterocycles. The van der Waals surface area contributed by atoms with Gasteiger partial charge in [-0.2, -0.15) is 0 Å². The van der Waals surface area contributed by atoms with Crippen molar-refractivity contribution in [2.75, 3.05) is 6.61 Å². The highest BCUT2D eigenvalue weighted by Crippen LogP contribution is 2.61. The van der Waals surface area contributed by atoms with Gasteiger partial charge in [0.05, 0.1) is 18.1 Å². The van der Waals surface area contributed by atoms with Gasteiger partial charge in [0.15, 0.2) is 12.4 Å². The minimum atomic E-state index is -1.20. The smallest absolute Gasteiger partial charge is 0.379 e. The third-order valence-electron chi connectivity index (χ3n) is 8.67. The summed E-state index contributed by atoms with van der Waals surface area (Å²) in [5.41, 5.74) is 4.39. The molecule has 3 aromatic carbocycles. The van der Waals surface area contributed by atoms with E-state index < -0.39 is 54.0 Å². The van der Waals surface area contributed by atoms with E-state index in [4.69, 9.17) is 13.9 Å². The molecule has 0 saturated carbocycles. The van der Waals surface area contributed by atoms with Gasteiger partial charge in [-0.3, -0.25) is 19.3 Å². The van der Waals surface area contributed by atoms with Crippen LogP contribution in [0.5, 0.6) is 5.75 Å². The first-order chi connectivity index (χ1) is 20.8. The number of hydrogen-bond acceptors (Lipinski definition) is 8. The van der Waals surface area contributed by atoms with Crippen molar-refractivity contribution in [2.24, 2.45) is 11.8 Å². The van der Waals surface area contributed by atoms with Crippen LogP contribution >= 0.6 is 0 Å². The van der Waals surface area contributed by atoms with Gasteiger partial charge in [-0.05, 0) is 65.6 Å². The minimum Gasteiger partial charge on any atom is -0.457 e. The SMILES string of the molecule is C[C@H](C(=O)OCC(=O)c1ccc(OC(=O)c2ccco2)cc1)N1C(=O)[C@H]2C3c4ccccc4C(c4ccccc43)[C@@H]2C1=O. The van der Waals surface area contributed by atoms with E-state index in [9.17, 15) is 24.0 Å². The molecule has 0 unspecified atom stereocenters. The Kier molecular flexibility index (Phi) is 6.30. The lowest BCUT2D eigenvalue weighted by Gasteiger charge is -2.45. The van der Waals surface area contributed by atoms with Crippen LogP contribution in [0.4, 0.5) is 0 Å². The number of amides is 2. The largest absolute Gasteiger partial charge is 0.457 e. The number of esters is 2. The van der Waals surface area contributed by atoms with E-state index in [2.05, 4.69) is 0 Å². The van der Waals surface area contributed by atoms with Crippen LogP contribution in [0.15, 0.2) is 95.6 Å². The van der Waals surface area contributed by atoms with Gasteiger partial charge in [-0.1, -0.05) is 48.5 Å². The van der Waals surface area contributed by atoms with Gasteiger partial charge in [-0.25, -0.2) is 9.59 Å². The fraction of sp³-hybridized carbons (Fsp3) is 0.206. The summed E-state index contributed by atoms with van der Waals surface area (Å²) in [6.45, 7) is 0.865. The molecule has 1 aliphatic heterocycles. The average molecular weight is 576 g/mol. The van der Waals surface area contributed by atoms with E-state index in [0.717, 1.165) is 27.2 Å². The van der Waals surface area contributed by atoms with Crippen LogP contribution < -0.4 is 4.74 Å².